The first-order valence-electron chi connectivity index (χ1n) is 21.0. The van der Waals surface area contributed by atoms with Crippen molar-refractivity contribution in [1.82, 2.24) is 24.1 Å². The standard InChI is InChI=1S/C57H37N5/c1-4-18-38(19-5-1)41-32-34-48-46-27-14-16-30-51(46)61(53(48)36-41)56-58-55(50-29-13-12-26-45(50)44-25-11-10-24-43(44)40-22-8-3-9-23-40)59-57(60-56)62-52-31-17-15-28-47(52)49-35-33-42(37-54(49)62)39-20-6-2-7-21-39/h1-37H. The molecule has 0 radical (unpaired) electrons. The summed E-state index contributed by atoms with van der Waals surface area (Å²) >= 11 is 0. The summed E-state index contributed by atoms with van der Waals surface area (Å²) in [4.78, 5) is 16.5. The number of fused-ring (bicyclic) bond motifs is 6. The Morgan fingerprint density at radius 2 is 0.613 bits per heavy atom. The molecule has 12 rings (SSSR count). The minimum absolute atomic E-state index is 0.540. The smallest absolute Gasteiger partial charge is 0.240 e. The fraction of sp³-hybridized carbons (Fsp3) is 0. The van der Waals surface area contributed by atoms with Crippen molar-refractivity contribution in [2.75, 3.05) is 0 Å². The average Bonchev–Trinajstić information content (AvgIpc) is 3.87. The van der Waals surface area contributed by atoms with Crippen LogP contribution in [0.15, 0.2) is 224 Å². The fourth-order valence-electron chi connectivity index (χ4n) is 9.17. The molecule has 5 heteroatoms. The van der Waals surface area contributed by atoms with Crippen LogP contribution in [-0.4, -0.2) is 24.1 Å². The molecule has 5 nitrogen and oxygen atoms in total. The summed E-state index contributed by atoms with van der Waals surface area (Å²) in [5.74, 6) is 1.66. The summed E-state index contributed by atoms with van der Waals surface area (Å²) in [6.45, 7) is 0. The Morgan fingerprint density at radius 3 is 1.11 bits per heavy atom. The maximum atomic E-state index is 5.52. The maximum Gasteiger partial charge on any atom is 0.240 e. The second kappa shape index (κ2) is 14.7. The summed E-state index contributed by atoms with van der Waals surface area (Å²) in [6.07, 6.45) is 0. The van der Waals surface area contributed by atoms with E-state index in [1.165, 1.54) is 0 Å². The Balaban J connectivity index is 1.18. The molecule has 12 aromatic rings. The van der Waals surface area contributed by atoms with Crippen LogP contribution in [0.4, 0.5) is 0 Å². The van der Waals surface area contributed by atoms with E-state index in [0.29, 0.717) is 17.7 Å². The summed E-state index contributed by atoms with van der Waals surface area (Å²) in [5, 5.41) is 4.52. The van der Waals surface area contributed by atoms with Crippen molar-refractivity contribution in [1.29, 1.82) is 0 Å². The Morgan fingerprint density at radius 1 is 0.242 bits per heavy atom. The van der Waals surface area contributed by atoms with Gasteiger partial charge in [-0.2, -0.15) is 15.0 Å². The molecule has 62 heavy (non-hydrogen) atoms. The van der Waals surface area contributed by atoms with Crippen molar-refractivity contribution in [2.45, 2.75) is 0 Å². The van der Waals surface area contributed by atoms with E-state index in [1.54, 1.807) is 0 Å². The summed E-state index contributed by atoms with van der Waals surface area (Å²) in [6, 6.07) is 79.2. The molecule has 0 aliphatic heterocycles. The normalized spacial score (nSPS) is 11.5. The summed E-state index contributed by atoms with van der Waals surface area (Å²) in [5.41, 5.74) is 14.0. The zero-order valence-corrected chi connectivity index (χ0v) is 33.6. The minimum Gasteiger partial charge on any atom is -0.278 e. The van der Waals surface area contributed by atoms with E-state index in [4.69, 9.17) is 15.0 Å². The highest BCUT2D eigenvalue weighted by molar-refractivity contribution is 6.11. The highest BCUT2D eigenvalue weighted by atomic mass is 15.3. The number of hydrogen-bond donors (Lipinski definition) is 0. The molecular weight excluding hydrogens is 755 g/mol. The largest absolute Gasteiger partial charge is 0.278 e. The lowest BCUT2D eigenvalue weighted by atomic mass is 9.91. The van der Waals surface area contributed by atoms with Crippen molar-refractivity contribution in [2.24, 2.45) is 0 Å². The van der Waals surface area contributed by atoms with Crippen molar-refractivity contribution >= 4 is 43.6 Å². The van der Waals surface area contributed by atoms with Crippen molar-refractivity contribution in [3.63, 3.8) is 0 Å². The molecule has 9 aromatic carbocycles. The first-order valence-corrected chi connectivity index (χ1v) is 21.0. The molecular formula is C57H37N5. The Hall–Kier alpha value is -8.41. The molecule has 0 aliphatic rings. The molecule has 0 saturated heterocycles. The number of hydrogen-bond acceptors (Lipinski definition) is 3. The van der Waals surface area contributed by atoms with Crippen molar-refractivity contribution in [3.05, 3.63) is 224 Å². The summed E-state index contributed by atoms with van der Waals surface area (Å²) < 4.78 is 4.44. The maximum absolute atomic E-state index is 5.52. The monoisotopic (exact) mass is 791 g/mol. The van der Waals surface area contributed by atoms with Crippen LogP contribution in [0.3, 0.4) is 0 Å². The van der Waals surface area contributed by atoms with Crippen LogP contribution in [0.1, 0.15) is 0 Å². The topological polar surface area (TPSA) is 48.5 Å². The quantitative estimate of drug-likeness (QED) is 0.162. The van der Waals surface area contributed by atoms with Gasteiger partial charge in [-0.25, -0.2) is 0 Å². The van der Waals surface area contributed by atoms with E-state index in [9.17, 15) is 0 Å². The molecule has 0 atom stereocenters. The molecule has 0 saturated carbocycles. The fourth-order valence-corrected chi connectivity index (χ4v) is 9.17. The Bertz CT molecular complexity index is 3450. The third kappa shape index (κ3) is 5.90. The Kier molecular flexibility index (Phi) is 8.42. The van der Waals surface area contributed by atoms with Crippen molar-refractivity contribution < 1.29 is 0 Å². The van der Waals surface area contributed by atoms with Gasteiger partial charge in [-0.15, -0.1) is 0 Å². The molecule has 0 N–H and O–H groups in total. The molecule has 3 heterocycles. The van der Waals surface area contributed by atoms with E-state index in [0.717, 1.165) is 93.7 Å². The lowest BCUT2D eigenvalue weighted by Gasteiger charge is -2.16. The number of rotatable bonds is 7. The van der Waals surface area contributed by atoms with Gasteiger partial charge < -0.3 is 0 Å². The molecule has 0 amide bonds. The van der Waals surface area contributed by atoms with Gasteiger partial charge in [0.25, 0.3) is 0 Å². The van der Waals surface area contributed by atoms with Crippen LogP contribution in [0.2, 0.25) is 0 Å². The van der Waals surface area contributed by atoms with E-state index >= 15 is 0 Å². The number of benzene rings is 9. The van der Waals surface area contributed by atoms with Gasteiger partial charge >= 0.3 is 0 Å². The zero-order valence-electron chi connectivity index (χ0n) is 33.6. The van der Waals surface area contributed by atoms with Crippen LogP contribution in [0.25, 0.3) is 111 Å². The van der Waals surface area contributed by atoms with Gasteiger partial charge in [-0.05, 0) is 68.8 Å². The molecule has 0 bridgehead atoms. The van der Waals surface area contributed by atoms with Gasteiger partial charge in [0.05, 0.1) is 22.1 Å². The van der Waals surface area contributed by atoms with E-state index in [2.05, 4.69) is 234 Å². The van der Waals surface area contributed by atoms with Crippen LogP contribution >= 0.6 is 0 Å². The number of aromatic nitrogens is 5. The lowest BCUT2D eigenvalue weighted by molar-refractivity contribution is 0.893. The van der Waals surface area contributed by atoms with Gasteiger partial charge in [0.15, 0.2) is 5.82 Å². The second-order valence-electron chi connectivity index (χ2n) is 15.6. The Labute approximate surface area is 358 Å². The molecule has 0 aliphatic carbocycles. The van der Waals surface area contributed by atoms with Gasteiger partial charge in [0, 0.05) is 27.1 Å². The molecule has 3 aromatic heterocycles. The van der Waals surface area contributed by atoms with E-state index in [1.807, 2.05) is 0 Å². The van der Waals surface area contributed by atoms with Gasteiger partial charge in [-0.3, -0.25) is 9.13 Å². The first-order chi connectivity index (χ1) is 30.8. The van der Waals surface area contributed by atoms with Gasteiger partial charge in [0.2, 0.25) is 11.9 Å². The van der Waals surface area contributed by atoms with Crippen LogP contribution < -0.4 is 0 Å². The highest BCUT2D eigenvalue weighted by Crippen LogP contribution is 2.40. The molecule has 290 valence electrons. The highest BCUT2D eigenvalue weighted by Gasteiger charge is 2.23. The molecule has 0 fully saturated rings. The van der Waals surface area contributed by atoms with Gasteiger partial charge in [-0.1, -0.05) is 200 Å². The predicted octanol–water partition coefficient (Wildman–Crippen LogP) is 14.4. The van der Waals surface area contributed by atoms with Crippen LogP contribution in [-0.2, 0) is 0 Å². The van der Waals surface area contributed by atoms with Gasteiger partial charge in [0.1, 0.15) is 0 Å². The SMILES string of the molecule is c1ccc(-c2ccc3c4ccccc4n(-c4nc(-c5ccccc5-c5ccccc5-c5ccccc5)nc(-n5c6ccccc6c6ccc(-c7ccccc7)cc65)n4)c3c2)cc1. The molecule has 0 unspecified atom stereocenters. The first kappa shape index (κ1) is 35.5. The van der Waals surface area contributed by atoms with E-state index < -0.39 is 0 Å². The third-order valence-corrected chi connectivity index (χ3v) is 12.0. The lowest BCUT2D eigenvalue weighted by Crippen LogP contribution is -2.10. The predicted molar refractivity (Wildman–Crippen MR) is 256 cm³/mol. The zero-order chi connectivity index (χ0) is 41.0. The van der Waals surface area contributed by atoms with Crippen LogP contribution in [0, 0.1) is 0 Å². The number of para-hydroxylation sites is 2. The second-order valence-corrected chi connectivity index (χ2v) is 15.6. The van der Waals surface area contributed by atoms with E-state index in [-0.39, 0.29) is 0 Å². The average molecular weight is 792 g/mol. The number of nitrogens with zero attached hydrogens (tertiary/aromatic N) is 5. The molecule has 0 spiro atoms. The minimum atomic E-state index is 0.540. The summed E-state index contributed by atoms with van der Waals surface area (Å²) in [7, 11) is 0. The third-order valence-electron chi connectivity index (χ3n) is 12.0. The van der Waals surface area contributed by atoms with Crippen LogP contribution in [0.5, 0.6) is 0 Å². The van der Waals surface area contributed by atoms with Crippen molar-refractivity contribution in [3.8, 4) is 67.8 Å².